The molecule has 0 radical (unpaired) electrons. The van der Waals surface area contributed by atoms with Crippen LogP contribution in [0.25, 0.3) is 0 Å². The van der Waals surface area contributed by atoms with Crippen molar-refractivity contribution < 1.29 is 0 Å². The molecule has 0 fully saturated rings. The molecule has 2 heterocycles. The lowest BCUT2D eigenvalue weighted by molar-refractivity contribution is 0.477. The second-order valence-electron chi connectivity index (χ2n) is 6.71. The molecule has 0 saturated heterocycles. The van der Waals surface area contributed by atoms with E-state index in [1.807, 2.05) is 30.7 Å². The quantitative estimate of drug-likeness (QED) is 0.166. The minimum Gasteiger partial charge on any atom is -0.356 e. The highest BCUT2D eigenvalue weighted by Crippen LogP contribution is 2.16. The molecule has 0 atom stereocenters. The molecular formula is C19H32IN7S. The number of nitrogens with zero attached hydrogens (tertiary/aromatic N) is 5. The summed E-state index contributed by atoms with van der Waals surface area (Å²) in [5.74, 6) is 2.46. The second-order valence-corrected chi connectivity index (χ2v) is 7.48. The molecule has 0 spiro atoms. The zero-order chi connectivity index (χ0) is 19.5. The lowest BCUT2D eigenvalue weighted by Crippen LogP contribution is -2.39. The summed E-state index contributed by atoms with van der Waals surface area (Å²) in [7, 11) is 1.79. The number of nitrogens with one attached hydrogen (secondary N) is 2. The molecule has 2 aromatic rings. The average molecular weight is 517 g/mol. The Labute approximate surface area is 189 Å². The maximum absolute atomic E-state index is 4.37. The Morgan fingerprint density at radius 2 is 1.96 bits per heavy atom. The molecule has 0 aliphatic rings. The Bertz CT molecular complexity index is 704. The molecule has 2 rings (SSSR count). The predicted octanol–water partition coefficient (Wildman–Crippen LogP) is 3.01. The topological polar surface area (TPSA) is 80.0 Å². The van der Waals surface area contributed by atoms with Gasteiger partial charge in [-0.1, -0.05) is 31.7 Å². The smallest absolute Gasteiger partial charge is 0.190 e. The number of guanidine groups is 1. The Balaban J connectivity index is 0.00000392. The van der Waals surface area contributed by atoms with E-state index < -0.39 is 0 Å². The standard InChI is InChI=1S/C19H31N7S.HI/c1-15(2)14-26-17(24-25-19(26)27-4)9-7-12-22-18(20-3)23-13-10-16-8-5-6-11-21-16;/h5-6,8,11,15H,7,9-10,12-14H2,1-4H3,(H2,20,22,23);1H. The lowest BCUT2D eigenvalue weighted by Gasteiger charge is -2.13. The fourth-order valence-corrected chi connectivity index (χ4v) is 3.26. The third-order valence-electron chi connectivity index (χ3n) is 4.02. The van der Waals surface area contributed by atoms with Crippen molar-refractivity contribution in [3.05, 3.63) is 35.9 Å². The minimum atomic E-state index is 0. The van der Waals surface area contributed by atoms with Gasteiger partial charge in [0.25, 0.3) is 0 Å². The van der Waals surface area contributed by atoms with E-state index >= 15 is 0 Å². The van der Waals surface area contributed by atoms with Gasteiger partial charge >= 0.3 is 0 Å². The largest absolute Gasteiger partial charge is 0.356 e. The van der Waals surface area contributed by atoms with E-state index in [-0.39, 0.29) is 24.0 Å². The highest BCUT2D eigenvalue weighted by atomic mass is 127. The number of hydrogen-bond acceptors (Lipinski definition) is 5. The first-order valence-corrected chi connectivity index (χ1v) is 10.7. The number of rotatable bonds is 10. The molecule has 2 aromatic heterocycles. The zero-order valence-corrected chi connectivity index (χ0v) is 20.3. The summed E-state index contributed by atoms with van der Waals surface area (Å²) in [6.07, 6.45) is 6.62. The number of aliphatic imine (C=N–C) groups is 1. The summed E-state index contributed by atoms with van der Waals surface area (Å²) in [5.41, 5.74) is 1.08. The minimum absolute atomic E-state index is 0. The molecule has 156 valence electrons. The van der Waals surface area contributed by atoms with Crippen LogP contribution in [0.2, 0.25) is 0 Å². The highest BCUT2D eigenvalue weighted by Gasteiger charge is 2.12. The molecule has 0 aliphatic heterocycles. The SMILES string of the molecule is CN=C(NCCCc1nnc(SC)n1CC(C)C)NCCc1ccccn1.I. The van der Waals surface area contributed by atoms with Crippen molar-refractivity contribution in [3.8, 4) is 0 Å². The Hall–Kier alpha value is -1.36. The fourth-order valence-electron chi connectivity index (χ4n) is 2.73. The molecule has 0 unspecified atom stereocenters. The number of pyridine rings is 1. The molecule has 28 heavy (non-hydrogen) atoms. The van der Waals surface area contributed by atoms with Crippen molar-refractivity contribution in [1.29, 1.82) is 0 Å². The van der Waals surface area contributed by atoms with Crippen molar-refractivity contribution in [2.24, 2.45) is 10.9 Å². The molecule has 0 saturated carbocycles. The summed E-state index contributed by atoms with van der Waals surface area (Å²) >= 11 is 1.65. The van der Waals surface area contributed by atoms with Crippen molar-refractivity contribution in [3.63, 3.8) is 0 Å². The maximum Gasteiger partial charge on any atom is 0.190 e. The maximum atomic E-state index is 4.37. The second kappa shape index (κ2) is 13.8. The first-order valence-electron chi connectivity index (χ1n) is 9.44. The first kappa shape index (κ1) is 24.7. The third kappa shape index (κ3) is 8.34. The Morgan fingerprint density at radius 1 is 1.18 bits per heavy atom. The van der Waals surface area contributed by atoms with Gasteiger partial charge in [-0.25, -0.2) is 0 Å². The average Bonchev–Trinajstić information content (AvgIpc) is 3.05. The van der Waals surface area contributed by atoms with E-state index in [2.05, 4.69) is 49.2 Å². The molecular weight excluding hydrogens is 485 g/mol. The number of aromatic nitrogens is 4. The van der Waals surface area contributed by atoms with Crippen LogP contribution in [0, 0.1) is 5.92 Å². The van der Waals surface area contributed by atoms with Gasteiger partial charge in [0, 0.05) is 51.4 Å². The molecule has 0 aliphatic carbocycles. The Kier molecular flexibility index (Phi) is 12.1. The van der Waals surface area contributed by atoms with Gasteiger partial charge in [-0.3, -0.25) is 9.98 Å². The predicted molar refractivity (Wildman–Crippen MR) is 128 cm³/mol. The number of halogens is 1. The fraction of sp³-hybridized carbons (Fsp3) is 0.579. The van der Waals surface area contributed by atoms with E-state index in [0.717, 1.165) is 61.5 Å². The molecule has 0 amide bonds. The molecule has 2 N–H and O–H groups in total. The van der Waals surface area contributed by atoms with Gasteiger partial charge in [0.15, 0.2) is 11.1 Å². The van der Waals surface area contributed by atoms with Crippen molar-refractivity contribution in [1.82, 2.24) is 30.4 Å². The van der Waals surface area contributed by atoms with Crippen LogP contribution in [0.3, 0.4) is 0 Å². The number of thioether (sulfide) groups is 1. The summed E-state index contributed by atoms with van der Waals surface area (Å²) in [5, 5.41) is 16.4. The first-order chi connectivity index (χ1) is 13.1. The van der Waals surface area contributed by atoms with Crippen LogP contribution in [0.4, 0.5) is 0 Å². The Morgan fingerprint density at radius 3 is 2.61 bits per heavy atom. The van der Waals surface area contributed by atoms with E-state index in [1.165, 1.54) is 0 Å². The molecule has 0 aromatic carbocycles. The van der Waals surface area contributed by atoms with Crippen molar-refractivity contribution >= 4 is 41.7 Å². The summed E-state index contributed by atoms with van der Waals surface area (Å²) in [6.45, 7) is 7.04. The number of hydrogen-bond donors (Lipinski definition) is 2. The van der Waals surface area contributed by atoms with Gasteiger partial charge in [0.1, 0.15) is 5.82 Å². The third-order valence-corrected chi connectivity index (χ3v) is 4.68. The summed E-state index contributed by atoms with van der Waals surface area (Å²) < 4.78 is 2.25. The summed E-state index contributed by atoms with van der Waals surface area (Å²) in [6, 6.07) is 5.98. The van der Waals surface area contributed by atoms with E-state index in [0.29, 0.717) is 5.92 Å². The van der Waals surface area contributed by atoms with Crippen molar-refractivity contribution in [2.45, 2.75) is 44.8 Å². The lowest BCUT2D eigenvalue weighted by atomic mass is 10.2. The molecule has 7 nitrogen and oxygen atoms in total. The van der Waals surface area contributed by atoms with Gasteiger partial charge in [0.2, 0.25) is 0 Å². The van der Waals surface area contributed by atoms with Crippen LogP contribution in [0.1, 0.15) is 31.8 Å². The van der Waals surface area contributed by atoms with Gasteiger partial charge in [-0.15, -0.1) is 34.2 Å². The van der Waals surface area contributed by atoms with E-state index in [1.54, 1.807) is 18.8 Å². The van der Waals surface area contributed by atoms with Gasteiger partial charge in [-0.05, 0) is 30.7 Å². The van der Waals surface area contributed by atoms with Gasteiger partial charge < -0.3 is 15.2 Å². The van der Waals surface area contributed by atoms with Crippen LogP contribution in [-0.4, -0.2) is 52.1 Å². The van der Waals surface area contributed by atoms with Crippen LogP contribution >= 0.6 is 35.7 Å². The molecule has 0 bridgehead atoms. The monoisotopic (exact) mass is 517 g/mol. The van der Waals surface area contributed by atoms with E-state index in [9.17, 15) is 0 Å². The zero-order valence-electron chi connectivity index (χ0n) is 17.2. The summed E-state index contributed by atoms with van der Waals surface area (Å²) in [4.78, 5) is 8.61. The van der Waals surface area contributed by atoms with Crippen LogP contribution < -0.4 is 10.6 Å². The molecule has 9 heteroatoms. The van der Waals surface area contributed by atoms with Crippen LogP contribution in [0.5, 0.6) is 0 Å². The van der Waals surface area contributed by atoms with Crippen molar-refractivity contribution in [2.75, 3.05) is 26.4 Å². The normalized spacial score (nSPS) is 11.4. The van der Waals surface area contributed by atoms with Gasteiger partial charge in [-0.2, -0.15) is 0 Å². The highest BCUT2D eigenvalue weighted by molar-refractivity contribution is 14.0. The van der Waals surface area contributed by atoms with Crippen LogP contribution in [0.15, 0.2) is 34.5 Å². The van der Waals surface area contributed by atoms with Gasteiger partial charge in [0.05, 0.1) is 0 Å². The van der Waals surface area contributed by atoms with Crippen LogP contribution in [-0.2, 0) is 19.4 Å². The number of aryl methyl sites for hydroxylation is 1. The van der Waals surface area contributed by atoms with E-state index in [4.69, 9.17) is 0 Å².